The van der Waals surface area contributed by atoms with E-state index in [9.17, 15) is 0 Å². The molecule has 0 aliphatic heterocycles. The molecule has 0 aliphatic carbocycles. The second-order valence-electron chi connectivity index (χ2n) is 17.7. The van der Waals surface area contributed by atoms with Gasteiger partial charge in [-0.2, -0.15) is 0 Å². The Morgan fingerprint density at radius 3 is 0.534 bits per heavy atom. The van der Waals surface area contributed by atoms with E-state index < -0.39 is 0 Å². The fourth-order valence-electron chi connectivity index (χ4n) is 7.88. The minimum absolute atomic E-state index is 0.688. The van der Waals surface area contributed by atoms with Crippen molar-refractivity contribution in [2.45, 2.75) is 79.1 Å². The zero-order valence-electron chi connectivity index (χ0n) is 42.7. The van der Waals surface area contributed by atoms with E-state index in [4.69, 9.17) is 33.2 Å². The first kappa shape index (κ1) is 51.3. The summed E-state index contributed by atoms with van der Waals surface area (Å²) in [5, 5.41) is 0. The molecule has 8 aromatic carbocycles. The lowest BCUT2D eigenvalue weighted by molar-refractivity contribution is 0.309. The molecule has 0 heterocycles. The van der Waals surface area contributed by atoms with Gasteiger partial charge in [0.05, 0.1) is 26.4 Å². The topological polar surface area (TPSA) is 71.1 Å². The van der Waals surface area contributed by atoms with Crippen LogP contribution in [0, 0.1) is 0 Å². The molecule has 73 heavy (non-hydrogen) atoms. The average molecular weight is 977 g/mol. The molecule has 0 atom stereocenters. The van der Waals surface area contributed by atoms with Crippen molar-refractivity contribution in [2.75, 3.05) is 36.2 Å². The van der Waals surface area contributed by atoms with E-state index in [0.717, 1.165) is 120 Å². The van der Waals surface area contributed by atoms with Crippen LogP contribution >= 0.6 is 0 Å². The standard InChI is InChI=1S/C64H68N2O7/c1-5-9-45-67-55-25-13-49(14-26-55)65(50-15-27-56(28-16-50)68-46-10-6-2)53-21-33-59(34-22-53)71-61-37-41-63(42-38-61)73-64-43-39-62(40-44-64)72-60-35-23-54(24-36-60)66(51-17-29-57(30-18-51)69-47-11-7-3)52-19-31-58(32-20-52)70-48-12-8-4/h13-44H,5-12,45-48H2,1-4H3. The number of hydrogen-bond acceptors (Lipinski definition) is 9. The number of benzene rings is 8. The fraction of sp³-hybridized carbons (Fsp3) is 0.250. The molecule has 0 spiro atoms. The predicted molar refractivity (Wildman–Crippen MR) is 297 cm³/mol. The summed E-state index contributed by atoms with van der Waals surface area (Å²) in [6.07, 6.45) is 8.47. The predicted octanol–water partition coefficient (Wildman–Crippen LogP) is 18.7. The zero-order valence-corrected chi connectivity index (χ0v) is 42.7. The van der Waals surface area contributed by atoms with Gasteiger partial charge in [0.25, 0.3) is 0 Å². The number of rotatable bonds is 28. The maximum atomic E-state index is 6.30. The zero-order chi connectivity index (χ0) is 50.5. The summed E-state index contributed by atoms with van der Waals surface area (Å²) in [4.78, 5) is 4.43. The second kappa shape index (κ2) is 27.0. The van der Waals surface area contributed by atoms with Crippen molar-refractivity contribution in [3.05, 3.63) is 194 Å². The number of ether oxygens (including phenoxy) is 7. The quantitative estimate of drug-likeness (QED) is 0.0446. The van der Waals surface area contributed by atoms with Crippen molar-refractivity contribution in [3.63, 3.8) is 0 Å². The molecule has 9 nitrogen and oxygen atoms in total. The molecule has 0 aromatic heterocycles. The first-order chi connectivity index (χ1) is 36.0. The van der Waals surface area contributed by atoms with E-state index in [-0.39, 0.29) is 0 Å². The van der Waals surface area contributed by atoms with Crippen LogP contribution in [0.5, 0.6) is 57.5 Å². The van der Waals surface area contributed by atoms with Crippen LogP contribution in [-0.2, 0) is 0 Å². The van der Waals surface area contributed by atoms with Gasteiger partial charge >= 0.3 is 0 Å². The van der Waals surface area contributed by atoms with Crippen LogP contribution in [-0.4, -0.2) is 26.4 Å². The van der Waals surface area contributed by atoms with Crippen LogP contribution in [0.2, 0.25) is 0 Å². The minimum Gasteiger partial charge on any atom is -0.494 e. The lowest BCUT2D eigenvalue weighted by Gasteiger charge is -2.26. The highest BCUT2D eigenvalue weighted by Crippen LogP contribution is 2.40. The van der Waals surface area contributed by atoms with E-state index in [0.29, 0.717) is 49.4 Å². The van der Waals surface area contributed by atoms with Crippen LogP contribution in [0.3, 0.4) is 0 Å². The Balaban J connectivity index is 0.881. The fourth-order valence-corrected chi connectivity index (χ4v) is 7.88. The van der Waals surface area contributed by atoms with E-state index in [1.54, 1.807) is 0 Å². The second-order valence-corrected chi connectivity index (χ2v) is 17.7. The van der Waals surface area contributed by atoms with Crippen LogP contribution in [0.15, 0.2) is 194 Å². The molecule has 8 rings (SSSR count). The molecule has 376 valence electrons. The molecule has 0 radical (unpaired) electrons. The summed E-state index contributed by atoms with van der Waals surface area (Å²) >= 11 is 0. The van der Waals surface area contributed by atoms with Gasteiger partial charge in [-0.3, -0.25) is 0 Å². The maximum absolute atomic E-state index is 6.30. The van der Waals surface area contributed by atoms with E-state index in [2.05, 4.69) is 110 Å². The molecule has 0 N–H and O–H groups in total. The molecule has 0 unspecified atom stereocenters. The van der Waals surface area contributed by atoms with Crippen LogP contribution in [0.1, 0.15) is 79.1 Å². The molecular formula is C64H68N2O7. The van der Waals surface area contributed by atoms with E-state index in [1.807, 2.05) is 121 Å². The largest absolute Gasteiger partial charge is 0.494 e. The Morgan fingerprint density at radius 2 is 0.370 bits per heavy atom. The highest BCUT2D eigenvalue weighted by atomic mass is 16.5. The summed E-state index contributed by atoms with van der Waals surface area (Å²) in [7, 11) is 0. The van der Waals surface area contributed by atoms with Gasteiger partial charge in [-0.05, 0) is 220 Å². The minimum atomic E-state index is 0.688. The molecule has 8 aromatic rings. The van der Waals surface area contributed by atoms with Crippen LogP contribution in [0.4, 0.5) is 34.1 Å². The molecule has 0 fully saturated rings. The smallest absolute Gasteiger partial charge is 0.127 e. The Kier molecular flexibility index (Phi) is 19.0. The maximum Gasteiger partial charge on any atom is 0.127 e. The Bertz CT molecular complexity index is 2510. The Morgan fingerprint density at radius 1 is 0.219 bits per heavy atom. The van der Waals surface area contributed by atoms with E-state index in [1.165, 1.54) is 0 Å². The molecule has 0 saturated heterocycles. The van der Waals surface area contributed by atoms with Gasteiger partial charge < -0.3 is 43.0 Å². The molecule has 0 aliphatic rings. The number of nitrogens with zero attached hydrogens (tertiary/aromatic N) is 2. The number of unbranched alkanes of at least 4 members (excludes halogenated alkanes) is 4. The van der Waals surface area contributed by atoms with Crippen molar-refractivity contribution in [1.29, 1.82) is 0 Å². The molecule has 0 amide bonds. The van der Waals surface area contributed by atoms with Gasteiger partial charge in [0, 0.05) is 34.1 Å². The van der Waals surface area contributed by atoms with Crippen LogP contribution < -0.4 is 43.0 Å². The van der Waals surface area contributed by atoms with Gasteiger partial charge in [-0.1, -0.05) is 53.4 Å². The Labute approximate surface area is 432 Å². The third-order valence-corrected chi connectivity index (χ3v) is 12.0. The average Bonchev–Trinajstić information content (AvgIpc) is 3.43. The first-order valence-corrected chi connectivity index (χ1v) is 25.9. The van der Waals surface area contributed by atoms with Gasteiger partial charge in [0.2, 0.25) is 0 Å². The Hall–Kier alpha value is -8.04. The van der Waals surface area contributed by atoms with E-state index >= 15 is 0 Å². The SMILES string of the molecule is CCCCOc1ccc(N(c2ccc(OCCCC)cc2)c2ccc(Oc3ccc(Oc4ccc(Oc5ccc(N(c6ccc(OCCCC)cc6)c6ccc(OCCCC)cc6)cc5)cc4)cc3)cc2)cc1. The van der Waals surface area contributed by atoms with Gasteiger partial charge in [-0.15, -0.1) is 0 Å². The molecular weight excluding hydrogens is 909 g/mol. The van der Waals surface area contributed by atoms with Crippen molar-refractivity contribution < 1.29 is 33.2 Å². The summed E-state index contributed by atoms with van der Waals surface area (Å²) in [5.74, 6) is 7.65. The van der Waals surface area contributed by atoms with Gasteiger partial charge in [-0.25, -0.2) is 0 Å². The summed E-state index contributed by atoms with van der Waals surface area (Å²) in [6.45, 7) is 11.5. The lowest BCUT2D eigenvalue weighted by Crippen LogP contribution is -2.10. The third-order valence-electron chi connectivity index (χ3n) is 12.0. The van der Waals surface area contributed by atoms with Crippen LogP contribution in [0.25, 0.3) is 0 Å². The summed E-state index contributed by atoms with van der Waals surface area (Å²) in [5.41, 5.74) is 6.04. The highest BCUT2D eigenvalue weighted by Gasteiger charge is 2.16. The molecule has 0 bridgehead atoms. The number of anilines is 6. The monoisotopic (exact) mass is 977 g/mol. The molecule has 9 heteroatoms. The number of hydrogen-bond donors (Lipinski definition) is 0. The molecule has 0 saturated carbocycles. The normalized spacial score (nSPS) is 10.8. The first-order valence-electron chi connectivity index (χ1n) is 25.9. The van der Waals surface area contributed by atoms with Crippen molar-refractivity contribution in [1.82, 2.24) is 0 Å². The summed E-state index contributed by atoms with van der Waals surface area (Å²) < 4.78 is 42.7. The third kappa shape index (κ3) is 15.0. The highest BCUT2D eigenvalue weighted by molar-refractivity contribution is 5.78. The summed E-state index contributed by atoms with van der Waals surface area (Å²) in [6, 6.07) is 64.4. The van der Waals surface area contributed by atoms with Crippen molar-refractivity contribution >= 4 is 34.1 Å². The van der Waals surface area contributed by atoms with Gasteiger partial charge in [0.1, 0.15) is 57.5 Å². The van der Waals surface area contributed by atoms with Crippen molar-refractivity contribution in [2.24, 2.45) is 0 Å². The van der Waals surface area contributed by atoms with Gasteiger partial charge in [0.15, 0.2) is 0 Å². The van der Waals surface area contributed by atoms with Crippen molar-refractivity contribution in [3.8, 4) is 57.5 Å². The lowest BCUT2D eigenvalue weighted by atomic mass is 10.2.